The van der Waals surface area contributed by atoms with Crippen LogP contribution in [0.2, 0.25) is 0 Å². The molecule has 0 radical (unpaired) electrons. The van der Waals surface area contributed by atoms with Crippen molar-refractivity contribution in [1.82, 2.24) is 28.7 Å². The summed E-state index contributed by atoms with van der Waals surface area (Å²) >= 11 is 0. The molecule has 14 rings (SSSR count). The molecule has 7 heteroatoms. The first-order chi connectivity index (χ1) is 35.2. The van der Waals surface area contributed by atoms with E-state index in [0.29, 0.717) is 22.9 Å². The molecule has 14 aromatic rings. The van der Waals surface area contributed by atoms with Gasteiger partial charge >= 0.3 is 0 Å². The molecule has 0 fully saturated rings. The molecule has 10 aromatic carbocycles. The average Bonchev–Trinajstić information content (AvgIpc) is 3.97. The number of fused-ring (bicyclic) bond motifs is 9. The molecule has 4 aromatic heterocycles. The Morgan fingerprint density at radius 2 is 0.746 bits per heavy atom. The minimum Gasteiger partial charge on any atom is -0.309 e. The van der Waals surface area contributed by atoms with Crippen molar-refractivity contribution in [2.45, 2.75) is 0 Å². The van der Waals surface area contributed by atoms with E-state index in [1.807, 2.05) is 108 Å². The van der Waals surface area contributed by atoms with E-state index in [4.69, 9.17) is 15.0 Å². The SMILES string of the molecule is O=c1c2c3cc(-c4ccc5c(c4)c4ccccc4n5-c4ccccc4)ccc3n(-c3ccc(-c4nc(-c5ccccc5)nc(-c5ccccc5)n4)c4ccccc34)c2c2ccccc2n1-c1ccccc1. The highest BCUT2D eigenvalue weighted by Crippen LogP contribution is 2.42. The lowest BCUT2D eigenvalue weighted by molar-refractivity contribution is 1.06. The second kappa shape index (κ2) is 16.2. The Hall–Kier alpha value is -9.72. The van der Waals surface area contributed by atoms with E-state index in [1.54, 1.807) is 0 Å². The predicted octanol–water partition coefficient (Wildman–Crippen LogP) is 15.2. The average molecular weight is 909 g/mol. The lowest BCUT2D eigenvalue weighted by Crippen LogP contribution is -2.19. The zero-order chi connectivity index (χ0) is 47.0. The summed E-state index contributed by atoms with van der Waals surface area (Å²) in [6, 6.07) is 83.5. The number of pyridine rings is 1. The number of para-hydroxylation sites is 4. The van der Waals surface area contributed by atoms with Crippen LogP contribution in [0.15, 0.2) is 247 Å². The van der Waals surface area contributed by atoms with E-state index >= 15 is 4.79 Å². The number of benzene rings is 10. The number of hydrogen-bond donors (Lipinski definition) is 0. The van der Waals surface area contributed by atoms with Gasteiger partial charge in [-0.1, -0.05) is 170 Å². The number of hydrogen-bond acceptors (Lipinski definition) is 4. The van der Waals surface area contributed by atoms with Crippen LogP contribution in [0.4, 0.5) is 0 Å². The minimum absolute atomic E-state index is 0.0832. The molecule has 7 nitrogen and oxygen atoms in total. The molecule has 0 spiro atoms. The predicted molar refractivity (Wildman–Crippen MR) is 291 cm³/mol. The maximum absolute atomic E-state index is 15.6. The fourth-order valence-electron chi connectivity index (χ4n) is 10.7. The molecular formula is C64H40N6O. The summed E-state index contributed by atoms with van der Waals surface area (Å²) in [5.41, 5.74) is 12.5. The van der Waals surface area contributed by atoms with Crippen molar-refractivity contribution in [2.24, 2.45) is 0 Å². The first-order valence-electron chi connectivity index (χ1n) is 23.8. The van der Waals surface area contributed by atoms with Gasteiger partial charge in [0.05, 0.1) is 38.7 Å². The van der Waals surface area contributed by atoms with Gasteiger partial charge in [-0.15, -0.1) is 0 Å². The van der Waals surface area contributed by atoms with Crippen molar-refractivity contribution in [3.05, 3.63) is 253 Å². The molecule has 332 valence electrons. The van der Waals surface area contributed by atoms with Gasteiger partial charge < -0.3 is 9.13 Å². The topological polar surface area (TPSA) is 70.5 Å². The minimum atomic E-state index is -0.0832. The summed E-state index contributed by atoms with van der Waals surface area (Å²) in [5.74, 6) is 1.78. The molecule has 0 atom stereocenters. The first-order valence-corrected chi connectivity index (χ1v) is 23.8. The van der Waals surface area contributed by atoms with Crippen LogP contribution in [0, 0.1) is 0 Å². The largest absolute Gasteiger partial charge is 0.309 e. The van der Waals surface area contributed by atoms with Crippen LogP contribution in [0.25, 0.3) is 128 Å². The van der Waals surface area contributed by atoms with Crippen LogP contribution >= 0.6 is 0 Å². The molecule has 71 heavy (non-hydrogen) atoms. The summed E-state index contributed by atoms with van der Waals surface area (Å²) < 4.78 is 6.51. The second-order valence-electron chi connectivity index (χ2n) is 17.9. The van der Waals surface area contributed by atoms with Crippen molar-refractivity contribution >= 4 is 65.3 Å². The number of aromatic nitrogens is 6. The zero-order valence-corrected chi connectivity index (χ0v) is 38.2. The van der Waals surface area contributed by atoms with Gasteiger partial charge in [0.15, 0.2) is 17.5 Å². The smallest absolute Gasteiger partial charge is 0.265 e. The number of nitrogens with zero attached hydrogens (tertiary/aromatic N) is 6. The highest BCUT2D eigenvalue weighted by molar-refractivity contribution is 6.20. The Morgan fingerprint density at radius 3 is 1.37 bits per heavy atom. The van der Waals surface area contributed by atoms with Gasteiger partial charge in [0.1, 0.15) is 0 Å². The quantitative estimate of drug-likeness (QED) is 0.160. The van der Waals surface area contributed by atoms with Gasteiger partial charge in [-0.05, 0) is 89.3 Å². The van der Waals surface area contributed by atoms with Crippen LogP contribution in [-0.2, 0) is 0 Å². The standard InChI is InChI=1S/C64H40N6O/c71-64-59-53-40-44(43-33-36-57-52(39-43)49-29-15-17-31-54(49)68(57)45-23-9-3-10-24-45)34-37-58(53)70(60(59)51-30-16-18-32-55(51)69(64)46-25-11-4-12-26-46)56-38-35-50(47-27-13-14-28-48(47)56)63-66-61(41-19-5-1-6-20-41)65-62(67-63)42-21-7-2-8-22-42/h1-40H. The summed E-state index contributed by atoms with van der Waals surface area (Å²) in [4.78, 5) is 30.9. The molecule has 0 saturated carbocycles. The molecule has 0 aliphatic carbocycles. The van der Waals surface area contributed by atoms with Gasteiger partial charge in [-0.25, -0.2) is 15.0 Å². The van der Waals surface area contributed by atoms with Gasteiger partial charge in [0, 0.05) is 55.0 Å². The van der Waals surface area contributed by atoms with Crippen LogP contribution < -0.4 is 5.56 Å². The van der Waals surface area contributed by atoms with Crippen molar-refractivity contribution in [3.8, 4) is 62.4 Å². The highest BCUT2D eigenvalue weighted by Gasteiger charge is 2.24. The third kappa shape index (κ3) is 6.44. The van der Waals surface area contributed by atoms with Gasteiger partial charge in [0.25, 0.3) is 5.56 Å². The lowest BCUT2D eigenvalue weighted by Gasteiger charge is -2.17. The molecule has 0 N–H and O–H groups in total. The van der Waals surface area contributed by atoms with E-state index in [2.05, 4.69) is 149 Å². The molecule has 0 unspecified atom stereocenters. The maximum atomic E-state index is 15.6. The van der Waals surface area contributed by atoms with E-state index in [9.17, 15) is 0 Å². The van der Waals surface area contributed by atoms with Crippen LogP contribution in [0.3, 0.4) is 0 Å². The number of rotatable bonds is 7. The second-order valence-corrected chi connectivity index (χ2v) is 17.9. The Labute approximate surface area is 407 Å². The summed E-state index contributed by atoms with van der Waals surface area (Å²) in [6.45, 7) is 0. The maximum Gasteiger partial charge on any atom is 0.265 e. The molecule has 0 aliphatic rings. The van der Waals surface area contributed by atoms with Crippen LogP contribution in [0.1, 0.15) is 0 Å². The first kappa shape index (κ1) is 40.4. The Morgan fingerprint density at radius 1 is 0.296 bits per heavy atom. The van der Waals surface area contributed by atoms with Crippen molar-refractivity contribution < 1.29 is 0 Å². The monoisotopic (exact) mass is 908 g/mol. The van der Waals surface area contributed by atoms with Crippen molar-refractivity contribution in [1.29, 1.82) is 0 Å². The van der Waals surface area contributed by atoms with Crippen LogP contribution in [-0.4, -0.2) is 28.7 Å². The van der Waals surface area contributed by atoms with Gasteiger partial charge in [-0.3, -0.25) is 9.36 Å². The van der Waals surface area contributed by atoms with Crippen LogP contribution in [0.5, 0.6) is 0 Å². The third-order valence-electron chi connectivity index (χ3n) is 13.9. The Balaban J connectivity index is 1.03. The summed E-state index contributed by atoms with van der Waals surface area (Å²) in [7, 11) is 0. The lowest BCUT2D eigenvalue weighted by atomic mass is 10.0. The highest BCUT2D eigenvalue weighted by atomic mass is 16.1. The van der Waals surface area contributed by atoms with E-state index in [0.717, 1.165) is 94.0 Å². The van der Waals surface area contributed by atoms with Gasteiger partial charge in [0.2, 0.25) is 0 Å². The zero-order valence-electron chi connectivity index (χ0n) is 38.2. The fraction of sp³-hybridized carbons (Fsp3) is 0. The van der Waals surface area contributed by atoms with Crippen molar-refractivity contribution in [3.63, 3.8) is 0 Å². The van der Waals surface area contributed by atoms with E-state index < -0.39 is 0 Å². The molecule has 0 saturated heterocycles. The molecule has 4 heterocycles. The summed E-state index contributed by atoms with van der Waals surface area (Å²) in [6.07, 6.45) is 0. The molecule has 0 amide bonds. The molecule has 0 aliphatic heterocycles. The normalized spacial score (nSPS) is 11.7. The van der Waals surface area contributed by atoms with Gasteiger partial charge in [-0.2, -0.15) is 0 Å². The van der Waals surface area contributed by atoms with Crippen molar-refractivity contribution in [2.75, 3.05) is 0 Å². The Bertz CT molecular complexity index is 4410. The Kier molecular flexibility index (Phi) is 9.22. The summed E-state index contributed by atoms with van der Waals surface area (Å²) in [5, 5.41) is 6.80. The van der Waals surface area contributed by atoms with E-state index in [1.165, 1.54) is 10.8 Å². The molecule has 0 bridgehead atoms. The fourth-order valence-corrected chi connectivity index (χ4v) is 10.7. The third-order valence-corrected chi connectivity index (χ3v) is 13.9. The van der Waals surface area contributed by atoms with E-state index in [-0.39, 0.29) is 5.56 Å². The molecular weight excluding hydrogens is 869 g/mol.